The second-order valence-electron chi connectivity index (χ2n) is 4.52. The smallest absolute Gasteiger partial charge is 0.150 e. The van der Waals surface area contributed by atoms with E-state index in [0.717, 1.165) is 15.8 Å². The Kier molecular flexibility index (Phi) is 4.43. The number of nitrogens with two attached hydrogens (primary N) is 1. The highest BCUT2D eigenvalue weighted by molar-refractivity contribution is 8.01. The van der Waals surface area contributed by atoms with Gasteiger partial charge in [-0.05, 0) is 37.5 Å². The van der Waals surface area contributed by atoms with Crippen molar-refractivity contribution in [2.75, 3.05) is 5.75 Å². The maximum absolute atomic E-state index is 6.22. The lowest BCUT2D eigenvalue weighted by molar-refractivity contribution is 0.828. The van der Waals surface area contributed by atoms with E-state index in [1.54, 1.807) is 23.1 Å². The van der Waals surface area contributed by atoms with Crippen LogP contribution in [0.5, 0.6) is 0 Å². The number of aromatic nitrogens is 1. The highest BCUT2D eigenvalue weighted by Gasteiger charge is 2.09. The fourth-order valence-electron chi connectivity index (χ4n) is 1.65. The molecule has 2 N–H and O–H groups in total. The summed E-state index contributed by atoms with van der Waals surface area (Å²) >= 11 is 3.43. The number of rotatable bonds is 4. The van der Waals surface area contributed by atoms with Gasteiger partial charge in [0.15, 0.2) is 0 Å². The van der Waals surface area contributed by atoms with Gasteiger partial charge in [-0.15, -0.1) is 11.3 Å². The number of benzene rings is 1. The topological polar surface area (TPSA) is 38.9 Å². The van der Waals surface area contributed by atoms with Gasteiger partial charge in [0.2, 0.25) is 0 Å². The fraction of sp³-hybridized carbons (Fsp3) is 0.357. The summed E-state index contributed by atoms with van der Waals surface area (Å²) in [5.41, 5.74) is 11.1. The van der Waals surface area contributed by atoms with Crippen LogP contribution in [-0.4, -0.2) is 10.7 Å². The van der Waals surface area contributed by atoms with Crippen LogP contribution in [0.2, 0.25) is 0 Å². The normalized spacial score (nSPS) is 12.7. The minimum Gasteiger partial charge on any atom is -0.323 e. The van der Waals surface area contributed by atoms with Crippen molar-refractivity contribution in [2.45, 2.75) is 31.2 Å². The van der Waals surface area contributed by atoms with Crippen molar-refractivity contribution in [3.63, 3.8) is 0 Å². The molecule has 1 aromatic carbocycles. The third-order valence-corrected chi connectivity index (χ3v) is 5.20. The van der Waals surface area contributed by atoms with Gasteiger partial charge in [-0.3, -0.25) is 0 Å². The van der Waals surface area contributed by atoms with Crippen LogP contribution in [0.3, 0.4) is 0 Å². The third kappa shape index (κ3) is 3.34. The van der Waals surface area contributed by atoms with Crippen LogP contribution in [0.4, 0.5) is 0 Å². The van der Waals surface area contributed by atoms with E-state index in [2.05, 4.69) is 42.4 Å². The quantitative estimate of drug-likeness (QED) is 0.863. The minimum absolute atomic E-state index is 0.0681. The summed E-state index contributed by atoms with van der Waals surface area (Å²) in [6.45, 7) is 6.27. The molecule has 1 atom stereocenters. The molecule has 0 spiro atoms. The summed E-state index contributed by atoms with van der Waals surface area (Å²) < 4.78 is 1.10. The Morgan fingerprint density at radius 2 is 2.06 bits per heavy atom. The van der Waals surface area contributed by atoms with E-state index in [4.69, 9.17) is 5.73 Å². The van der Waals surface area contributed by atoms with E-state index in [9.17, 15) is 0 Å². The number of nitrogens with zero attached hydrogens (tertiary/aromatic N) is 1. The van der Waals surface area contributed by atoms with Gasteiger partial charge in [0, 0.05) is 22.9 Å². The molecule has 0 bridgehead atoms. The molecule has 0 saturated heterocycles. The average Bonchev–Trinajstić information content (AvgIpc) is 2.75. The number of thiazole rings is 1. The molecular weight excluding hydrogens is 260 g/mol. The Morgan fingerprint density at radius 1 is 1.28 bits per heavy atom. The Labute approximate surface area is 117 Å². The molecule has 18 heavy (non-hydrogen) atoms. The third-order valence-electron chi connectivity index (χ3n) is 2.94. The van der Waals surface area contributed by atoms with Gasteiger partial charge >= 0.3 is 0 Å². The first kappa shape index (κ1) is 13.6. The zero-order valence-corrected chi connectivity index (χ0v) is 12.6. The van der Waals surface area contributed by atoms with Crippen molar-refractivity contribution in [3.05, 3.63) is 46.0 Å². The zero-order valence-electron chi connectivity index (χ0n) is 10.9. The van der Waals surface area contributed by atoms with Crippen LogP contribution in [0.1, 0.15) is 28.4 Å². The lowest BCUT2D eigenvalue weighted by Crippen LogP contribution is -2.13. The van der Waals surface area contributed by atoms with Crippen molar-refractivity contribution in [2.24, 2.45) is 5.73 Å². The zero-order chi connectivity index (χ0) is 13.1. The van der Waals surface area contributed by atoms with Crippen LogP contribution in [0.15, 0.2) is 27.9 Å². The van der Waals surface area contributed by atoms with Gasteiger partial charge in [-0.1, -0.05) is 30.0 Å². The van der Waals surface area contributed by atoms with Crippen molar-refractivity contribution < 1.29 is 0 Å². The maximum atomic E-state index is 6.22. The second kappa shape index (κ2) is 5.87. The molecular formula is C14H18N2S2. The molecule has 0 saturated carbocycles. The summed E-state index contributed by atoms with van der Waals surface area (Å²) in [6.07, 6.45) is 0. The Balaban J connectivity index is 1.99. The molecule has 1 aromatic heterocycles. The van der Waals surface area contributed by atoms with E-state index in [0.29, 0.717) is 0 Å². The van der Waals surface area contributed by atoms with E-state index in [1.807, 2.05) is 6.92 Å². The first-order valence-electron chi connectivity index (χ1n) is 5.94. The van der Waals surface area contributed by atoms with Gasteiger partial charge in [-0.25, -0.2) is 4.98 Å². The number of hydrogen-bond donors (Lipinski definition) is 1. The van der Waals surface area contributed by atoms with Gasteiger partial charge in [0.25, 0.3) is 0 Å². The van der Waals surface area contributed by atoms with Gasteiger partial charge in [-0.2, -0.15) is 0 Å². The first-order chi connectivity index (χ1) is 8.56. The van der Waals surface area contributed by atoms with E-state index in [1.165, 1.54) is 16.7 Å². The number of aryl methyl sites for hydroxylation is 3. The largest absolute Gasteiger partial charge is 0.323 e. The van der Waals surface area contributed by atoms with Crippen LogP contribution in [-0.2, 0) is 0 Å². The summed E-state index contributed by atoms with van der Waals surface area (Å²) in [7, 11) is 0. The van der Waals surface area contributed by atoms with Crippen LogP contribution < -0.4 is 5.73 Å². The summed E-state index contributed by atoms with van der Waals surface area (Å²) in [6, 6.07) is 6.52. The van der Waals surface area contributed by atoms with Crippen molar-refractivity contribution in [1.29, 1.82) is 0 Å². The maximum Gasteiger partial charge on any atom is 0.150 e. The van der Waals surface area contributed by atoms with Crippen LogP contribution >= 0.6 is 23.1 Å². The molecule has 2 aromatic rings. The molecule has 0 aliphatic heterocycles. The van der Waals surface area contributed by atoms with Gasteiger partial charge in [0.05, 0.1) is 0 Å². The summed E-state index contributed by atoms with van der Waals surface area (Å²) in [5, 5.41) is 2.07. The summed E-state index contributed by atoms with van der Waals surface area (Å²) in [4.78, 5) is 4.43. The number of thioether (sulfide) groups is 1. The predicted molar refractivity (Wildman–Crippen MR) is 80.4 cm³/mol. The first-order valence-corrected chi connectivity index (χ1v) is 7.80. The molecule has 0 aliphatic rings. The van der Waals surface area contributed by atoms with E-state index >= 15 is 0 Å². The lowest BCUT2D eigenvalue weighted by atomic mass is 10.0. The van der Waals surface area contributed by atoms with Crippen molar-refractivity contribution in [1.82, 2.24) is 4.98 Å². The summed E-state index contributed by atoms with van der Waals surface area (Å²) in [5.74, 6) is 0.870. The Hall–Kier alpha value is -0.840. The Morgan fingerprint density at radius 3 is 2.67 bits per heavy atom. The molecule has 0 amide bonds. The lowest BCUT2D eigenvalue weighted by Gasteiger charge is -2.12. The van der Waals surface area contributed by atoms with Crippen molar-refractivity contribution in [3.8, 4) is 0 Å². The highest BCUT2D eigenvalue weighted by Crippen LogP contribution is 2.26. The molecule has 4 heteroatoms. The SMILES string of the molecule is Cc1csc(SCC(N)c2ccc(C)c(C)c2)n1. The second-order valence-corrected chi connectivity index (χ2v) is 6.64. The van der Waals surface area contributed by atoms with E-state index in [-0.39, 0.29) is 6.04 Å². The van der Waals surface area contributed by atoms with Gasteiger partial charge < -0.3 is 5.73 Å². The molecule has 96 valence electrons. The van der Waals surface area contributed by atoms with Crippen LogP contribution in [0.25, 0.3) is 0 Å². The number of hydrogen-bond acceptors (Lipinski definition) is 4. The van der Waals surface area contributed by atoms with Crippen molar-refractivity contribution >= 4 is 23.1 Å². The highest BCUT2D eigenvalue weighted by atomic mass is 32.2. The monoisotopic (exact) mass is 278 g/mol. The molecule has 2 rings (SSSR count). The molecule has 1 heterocycles. The van der Waals surface area contributed by atoms with Gasteiger partial charge in [0.1, 0.15) is 4.34 Å². The Bertz CT molecular complexity index is 534. The molecule has 0 fully saturated rings. The molecule has 1 unspecified atom stereocenters. The minimum atomic E-state index is 0.0681. The van der Waals surface area contributed by atoms with E-state index < -0.39 is 0 Å². The molecule has 2 nitrogen and oxygen atoms in total. The predicted octanol–water partition coefficient (Wildman–Crippen LogP) is 3.86. The average molecular weight is 278 g/mol. The fourth-order valence-corrected chi connectivity index (χ4v) is 3.52. The molecule has 0 radical (unpaired) electrons. The standard InChI is InChI=1S/C14H18N2S2/c1-9-4-5-12(6-10(9)2)13(15)8-18-14-16-11(3)7-17-14/h4-7,13H,8,15H2,1-3H3. The molecule has 0 aliphatic carbocycles. The van der Waals surface area contributed by atoms with Crippen LogP contribution in [0, 0.1) is 20.8 Å².